The van der Waals surface area contributed by atoms with E-state index in [1.54, 1.807) is 0 Å². The standard InChI is InChI=1S/C30H27F3N2O7S/c1-20-18-35(28(37)34-27(20)36)26-17-24(42-43(38,39)30(31,32)33)25(41-26)19-40-29(21-11-5-2-6-12-21,22-13-7-3-8-14-22)23-15-9-4-10-16-23/h2-16,18,24-26H,17,19H2,1H3,(H,34,36,37)/t24-,25-,26-/m1/s1. The number of benzene rings is 3. The van der Waals surface area contributed by atoms with E-state index in [1.165, 1.54) is 13.1 Å². The van der Waals surface area contributed by atoms with E-state index in [-0.39, 0.29) is 5.56 Å². The number of rotatable bonds is 9. The summed E-state index contributed by atoms with van der Waals surface area (Å²) in [6.07, 6.45) is -3.59. The SMILES string of the molecule is Cc1cn([C@H]2C[C@@H](OS(=O)(=O)C(F)(F)F)[C@@H](COC(c3ccccc3)(c3ccccc3)c3ccccc3)O2)c(=O)[nH]c1=O. The molecule has 1 aliphatic heterocycles. The minimum atomic E-state index is -6.04. The summed E-state index contributed by atoms with van der Waals surface area (Å²) >= 11 is 0. The van der Waals surface area contributed by atoms with Crippen LogP contribution in [-0.4, -0.2) is 42.3 Å². The molecule has 2 heterocycles. The molecule has 0 aliphatic carbocycles. The number of halogens is 3. The van der Waals surface area contributed by atoms with Gasteiger partial charge in [0.05, 0.1) is 6.61 Å². The average molecular weight is 617 g/mol. The van der Waals surface area contributed by atoms with Crippen LogP contribution in [0.2, 0.25) is 0 Å². The van der Waals surface area contributed by atoms with E-state index in [1.807, 2.05) is 91.0 Å². The van der Waals surface area contributed by atoms with Crippen molar-refractivity contribution in [1.29, 1.82) is 0 Å². The molecule has 0 unspecified atom stereocenters. The molecular weight excluding hydrogens is 589 g/mol. The Hall–Kier alpha value is -4.04. The van der Waals surface area contributed by atoms with Crippen molar-refractivity contribution in [3.63, 3.8) is 0 Å². The monoisotopic (exact) mass is 616 g/mol. The van der Waals surface area contributed by atoms with E-state index in [0.29, 0.717) is 16.7 Å². The van der Waals surface area contributed by atoms with Gasteiger partial charge >= 0.3 is 21.3 Å². The quantitative estimate of drug-likeness (QED) is 0.169. The van der Waals surface area contributed by atoms with Gasteiger partial charge in [0.25, 0.3) is 5.56 Å². The predicted molar refractivity (Wildman–Crippen MR) is 150 cm³/mol. The minimum absolute atomic E-state index is 0.138. The Labute approximate surface area is 244 Å². The van der Waals surface area contributed by atoms with E-state index in [9.17, 15) is 31.2 Å². The van der Waals surface area contributed by atoms with Gasteiger partial charge in [0.2, 0.25) is 0 Å². The second-order valence-electron chi connectivity index (χ2n) is 9.97. The first-order chi connectivity index (χ1) is 20.4. The summed E-state index contributed by atoms with van der Waals surface area (Å²) in [5.74, 6) is 0. The second kappa shape index (κ2) is 11.9. The van der Waals surface area contributed by atoms with Crippen LogP contribution in [0.4, 0.5) is 13.2 Å². The van der Waals surface area contributed by atoms with Crippen molar-refractivity contribution in [2.24, 2.45) is 0 Å². The smallest absolute Gasteiger partial charge is 0.358 e. The number of H-pyrrole nitrogens is 1. The Kier molecular flexibility index (Phi) is 8.43. The highest BCUT2D eigenvalue weighted by atomic mass is 32.2. The molecule has 226 valence electrons. The van der Waals surface area contributed by atoms with Gasteiger partial charge < -0.3 is 9.47 Å². The highest BCUT2D eigenvalue weighted by Gasteiger charge is 2.52. The minimum Gasteiger partial charge on any atom is -0.358 e. The lowest BCUT2D eigenvalue weighted by Crippen LogP contribution is -2.40. The van der Waals surface area contributed by atoms with E-state index < -0.39 is 63.9 Å². The molecular formula is C30H27F3N2O7S. The van der Waals surface area contributed by atoms with Crippen molar-refractivity contribution in [3.8, 4) is 0 Å². The van der Waals surface area contributed by atoms with Crippen molar-refractivity contribution >= 4 is 10.1 Å². The zero-order valence-electron chi connectivity index (χ0n) is 22.7. The topological polar surface area (TPSA) is 117 Å². The first-order valence-electron chi connectivity index (χ1n) is 13.2. The maximum atomic E-state index is 13.4. The van der Waals surface area contributed by atoms with Crippen LogP contribution < -0.4 is 11.2 Å². The average Bonchev–Trinajstić information content (AvgIpc) is 3.38. The zero-order chi connectivity index (χ0) is 30.8. The number of alkyl halides is 3. The third-order valence-electron chi connectivity index (χ3n) is 7.18. The van der Waals surface area contributed by atoms with Crippen LogP contribution in [0.25, 0.3) is 0 Å². The number of ether oxygens (including phenoxy) is 2. The molecule has 3 aromatic carbocycles. The van der Waals surface area contributed by atoms with Gasteiger partial charge in [-0.1, -0.05) is 91.0 Å². The van der Waals surface area contributed by atoms with Crippen molar-refractivity contribution in [1.82, 2.24) is 9.55 Å². The largest absolute Gasteiger partial charge is 0.523 e. The summed E-state index contributed by atoms with van der Waals surface area (Å²) in [6.45, 7) is 0.991. The lowest BCUT2D eigenvalue weighted by Gasteiger charge is -2.37. The van der Waals surface area contributed by atoms with Crippen LogP contribution >= 0.6 is 0 Å². The normalized spacial score (nSPS) is 19.4. The molecule has 0 amide bonds. The summed E-state index contributed by atoms with van der Waals surface area (Å²) in [6, 6.07) is 27.4. The van der Waals surface area contributed by atoms with Crippen molar-refractivity contribution in [3.05, 3.63) is 140 Å². The molecule has 1 fully saturated rings. The fourth-order valence-electron chi connectivity index (χ4n) is 5.12. The highest BCUT2D eigenvalue weighted by Crippen LogP contribution is 2.42. The Morgan fingerprint density at radius 1 is 0.884 bits per heavy atom. The summed E-state index contributed by atoms with van der Waals surface area (Å²) < 4.78 is 82.4. The molecule has 43 heavy (non-hydrogen) atoms. The van der Waals surface area contributed by atoms with Crippen LogP contribution in [0.5, 0.6) is 0 Å². The summed E-state index contributed by atoms with van der Waals surface area (Å²) in [4.78, 5) is 26.6. The van der Waals surface area contributed by atoms with Gasteiger partial charge in [-0.2, -0.15) is 21.6 Å². The van der Waals surface area contributed by atoms with Crippen molar-refractivity contribution in [2.45, 2.75) is 42.9 Å². The van der Waals surface area contributed by atoms with Gasteiger partial charge in [0.15, 0.2) is 0 Å². The van der Waals surface area contributed by atoms with Crippen LogP contribution in [0.15, 0.2) is 107 Å². The highest BCUT2D eigenvalue weighted by molar-refractivity contribution is 7.87. The van der Waals surface area contributed by atoms with Crippen LogP contribution in [0.3, 0.4) is 0 Å². The fourth-order valence-corrected chi connectivity index (χ4v) is 5.75. The van der Waals surface area contributed by atoms with Gasteiger partial charge in [-0.05, 0) is 23.6 Å². The molecule has 5 rings (SSSR count). The van der Waals surface area contributed by atoms with E-state index in [0.717, 1.165) is 4.57 Å². The Morgan fingerprint density at radius 3 is 1.84 bits per heavy atom. The number of nitrogens with one attached hydrogen (secondary N) is 1. The summed E-state index contributed by atoms with van der Waals surface area (Å²) in [5.41, 5.74) is -6.32. The van der Waals surface area contributed by atoms with Crippen molar-refractivity contribution in [2.75, 3.05) is 6.61 Å². The van der Waals surface area contributed by atoms with Gasteiger partial charge in [-0.3, -0.25) is 18.5 Å². The Morgan fingerprint density at radius 2 is 1.37 bits per heavy atom. The first-order valence-corrected chi connectivity index (χ1v) is 14.6. The number of nitrogens with zero attached hydrogens (tertiary/aromatic N) is 1. The lowest BCUT2D eigenvalue weighted by molar-refractivity contribution is -0.0961. The molecule has 1 N–H and O–H groups in total. The second-order valence-corrected chi connectivity index (χ2v) is 11.5. The lowest BCUT2D eigenvalue weighted by atomic mass is 9.80. The molecule has 9 nitrogen and oxygen atoms in total. The summed E-state index contributed by atoms with van der Waals surface area (Å²) in [7, 11) is -6.04. The zero-order valence-corrected chi connectivity index (χ0v) is 23.5. The molecule has 13 heteroatoms. The van der Waals surface area contributed by atoms with Crippen molar-refractivity contribution < 1.29 is 35.2 Å². The van der Waals surface area contributed by atoms with Gasteiger partial charge in [0.1, 0.15) is 24.0 Å². The van der Waals surface area contributed by atoms with Crippen LogP contribution in [-0.2, 0) is 29.4 Å². The molecule has 1 saturated heterocycles. The Bertz CT molecular complexity index is 1680. The summed E-state index contributed by atoms with van der Waals surface area (Å²) in [5, 5.41) is 0. The van der Waals surface area contributed by atoms with Gasteiger partial charge in [0, 0.05) is 18.2 Å². The number of aromatic amines is 1. The number of hydrogen-bond donors (Lipinski definition) is 1. The van der Waals surface area contributed by atoms with Crippen LogP contribution in [0.1, 0.15) is 34.9 Å². The molecule has 1 aromatic heterocycles. The molecule has 0 radical (unpaired) electrons. The predicted octanol–water partition coefficient (Wildman–Crippen LogP) is 4.38. The first kappa shape index (κ1) is 30.4. The number of aromatic nitrogens is 2. The Balaban J connectivity index is 1.58. The van der Waals surface area contributed by atoms with E-state index in [2.05, 4.69) is 9.17 Å². The number of aryl methyl sites for hydroxylation is 1. The third-order valence-corrected chi connectivity index (χ3v) is 8.24. The number of hydrogen-bond acceptors (Lipinski definition) is 7. The third kappa shape index (κ3) is 6.07. The van der Waals surface area contributed by atoms with Gasteiger partial charge in [-0.25, -0.2) is 4.79 Å². The molecule has 0 spiro atoms. The maximum absolute atomic E-state index is 13.4. The van der Waals surface area contributed by atoms with E-state index in [4.69, 9.17) is 9.47 Å². The molecule has 0 bridgehead atoms. The molecule has 4 aromatic rings. The molecule has 0 saturated carbocycles. The fraction of sp³-hybridized carbons (Fsp3) is 0.267. The maximum Gasteiger partial charge on any atom is 0.523 e. The van der Waals surface area contributed by atoms with E-state index >= 15 is 0 Å². The van der Waals surface area contributed by atoms with Gasteiger partial charge in [-0.15, -0.1) is 0 Å². The van der Waals surface area contributed by atoms with Crippen LogP contribution in [0, 0.1) is 6.92 Å². The molecule has 3 atom stereocenters. The molecule has 1 aliphatic rings.